The minimum absolute atomic E-state index is 0.188. The molecule has 1 aromatic rings. The largest absolute Gasteiger partial charge is 0.469 e. The van der Waals surface area contributed by atoms with Crippen molar-refractivity contribution in [1.29, 1.82) is 0 Å². The molecule has 1 fully saturated rings. The SMILES string of the molecule is COC(=O)[C@]1(Cc2ccc(F)cc2)CCNC1. The number of benzene rings is 1. The smallest absolute Gasteiger partial charge is 0.313 e. The van der Waals surface area contributed by atoms with Crippen LogP contribution < -0.4 is 5.32 Å². The van der Waals surface area contributed by atoms with Gasteiger partial charge in [0, 0.05) is 6.54 Å². The van der Waals surface area contributed by atoms with Gasteiger partial charge in [0.1, 0.15) is 5.82 Å². The van der Waals surface area contributed by atoms with Crippen LogP contribution in [0.3, 0.4) is 0 Å². The molecule has 1 saturated heterocycles. The Morgan fingerprint density at radius 2 is 2.18 bits per heavy atom. The highest BCUT2D eigenvalue weighted by Crippen LogP contribution is 2.31. The van der Waals surface area contributed by atoms with Crippen LogP contribution in [-0.4, -0.2) is 26.2 Å². The molecule has 0 radical (unpaired) electrons. The maximum absolute atomic E-state index is 12.8. The van der Waals surface area contributed by atoms with Crippen LogP contribution in [0.1, 0.15) is 12.0 Å². The summed E-state index contributed by atoms with van der Waals surface area (Å²) in [7, 11) is 1.41. The predicted octanol–water partition coefficient (Wildman–Crippen LogP) is 1.52. The van der Waals surface area contributed by atoms with Crippen LogP contribution in [0.2, 0.25) is 0 Å². The summed E-state index contributed by atoms with van der Waals surface area (Å²) in [5, 5.41) is 3.19. The zero-order valence-electron chi connectivity index (χ0n) is 9.83. The molecule has 0 aliphatic carbocycles. The zero-order valence-corrected chi connectivity index (χ0v) is 9.83. The molecular formula is C13H16FNO2. The number of nitrogens with one attached hydrogen (secondary N) is 1. The van der Waals surface area contributed by atoms with Gasteiger partial charge in [-0.1, -0.05) is 12.1 Å². The van der Waals surface area contributed by atoms with Crippen LogP contribution in [0.5, 0.6) is 0 Å². The highest BCUT2D eigenvalue weighted by Gasteiger charge is 2.42. The number of ether oxygens (including phenoxy) is 1. The molecule has 1 atom stereocenters. The molecule has 1 N–H and O–H groups in total. The number of hydrogen-bond acceptors (Lipinski definition) is 3. The second-order valence-electron chi connectivity index (χ2n) is 4.50. The number of methoxy groups -OCH3 is 1. The van der Waals surface area contributed by atoms with Gasteiger partial charge in [-0.2, -0.15) is 0 Å². The number of rotatable bonds is 3. The van der Waals surface area contributed by atoms with Crippen molar-refractivity contribution < 1.29 is 13.9 Å². The third-order valence-corrected chi connectivity index (χ3v) is 3.32. The van der Waals surface area contributed by atoms with E-state index in [1.54, 1.807) is 12.1 Å². The van der Waals surface area contributed by atoms with E-state index in [1.807, 2.05) is 0 Å². The average molecular weight is 237 g/mol. The molecule has 1 heterocycles. The lowest BCUT2D eigenvalue weighted by Gasteiger charge is -2.25. The summed E-state index contributed by atoms with van der Waals surface area (Å²) in [6.45, 7) is 1.44. The summed E-state index contributed by atoms with van der Waals surface area (Å²) in [5.41, 5.74) is 0.465. The van der Waals surface area contributed by atoms with Gasteiger partial charge in [0.25, 0.3) is 0 Å². The molecule has 0 saturated carbocycles. The van der Waals surface area contributed by atoms with E-state index in [0.29, 0.717) is 13.0 Å². The van der Waals surface area contributed by atoms with Gasteiger partial charge in [-0.15, -0.1) is 0 Å². The lowest BCUT2D eigenvalue weighted by Crippen LogP contribution is -2.36. The van der Waals surface area contributed by atoms with Crippen LogP contribution in [0.4, 0.5) is 4.39 Å². The normalized spacial score (nSPS) is 23.6. The monoisotopic (exact) mass is 237 g/mol. The fraction of sp³-hybridized carbons (Fsp3) is 0.462. The molecule has 4 heteroatoms. The summed E-state index contributed by atoms with van der Waals surface area (Å²) in [4.78, 5) is 11.9. The van der Waals surface area contributed by atoms with E-state index in [-0.39, 0.29) is 11.8 Å². The zero-order chi connectivity index (χ0) is 12.3. The summed E-state index contributed by atoms with van der Waals surface area (Å²) in [5.74, 6) is -0.447. The molecule has 0 bridgehead atoms. The third-order valence-electron chi connectivity index (χ3n) is 3.32. The Hall–Kier alpha value is -1.42. The van der Waals surface area contributed by atoms with E-state index in [2.05, 4.69) is 5.32 Å². The van der Waals surface area contributed by atoms with Crippen LogP contribution >= 0.6 is 0 Å². The average Bonchev–Trinajstić information content (AvgIpc) is 2.81. The van der Waals surface area contributed by atoms with Gasteiger partial charge in [0.15, 0.2) is 0 Å². The standard InChI is InChI=1S/C13H16FNO2/c1-17-12(16)13(6-7-15-9-13)8-10-2-4-11(14)5-3-10/h2-5,15H,6-9H2,1H3/t13-/m0/s1. The van der Waals surface area contributed by atoms with Gasteiger partial charge >= 0.3 is 5.97 Å². The fourth-order valence-corrected chi connectivity index (χ4v) is 2.35. The summed E-state index contributed by atoms with van der Waals surface area (Å²) < 4.78 is 17.7. The van der Waals surface area contributed by atoms with Crippen molar-refractivity contribution in [2.45, 2.75) is 12.8 Å². The highest BCUT2D eigenvalue weighted by atomic mass is 19.1. The van der Waals surface area contributed by atoms with Crippen LogP contribution in [0.15, 0.2) is 24.3 Å². The third kappa shape index (κ3) is 2.47. The molecule has 0 amide bonds. The van der Waals surface area contributed by atoms with Crippen molar-refractivity contribution in [1.82, 2.24) is 5.32 Å². The van der Waals surface area contributed by atoms with Crippen molar-refractivity contribution in [3.63, 3.8) is 0 Å². The molecule has 0 spiro atoms. The van der Waals surface area contributed by atoms with Gasteiger partial charge in [0.2, 0.25) is 0 Å². The minimum atomic E-state index is -0.493. The summed E-state index contributed by atoms with van der Waals surface area (Å²) in [6.07, 6.45) is 1.35. The van der Waals surface area contributed by atoms with Crippen molar-refractivity contribution in [3.05, 3.63) is 35.6 Å². The Kier molecular flexibility index (Phi) is 3.43. The molecular weight excluding hydrogens is 221 g/mol. The number of carbonyl (C=O) groups is 1. The molecule has 1 aromatic carbocycles. The van der Waals surface area contributed by atoms with Crippen LogP contribution in [0, 0.1) is 11.2 Å². The maximum atomic E-state index is 12.8. The molecule has 2 rings (SSSR count). The molecule has 0 aromatic heterocycles. The van der Waals surface area contributed by atoms with Crippen molar-refractivity contribution >= 4 is 5.97 Å². The van der Waals surface area contributed by atoms with E-state index in [1.165, 1.54) is 19.2 Å². The van der Waals surface area contributed by atoms with Gasteiger partial charge in [-0.05, 0) is 37.1 Å². The number of halogens is 1. The predicted molar refractivity (Wildman–Crippen MR) is 62.0 cm³/mol. The summed E-state index contributed by atoms with van der Waals surface area (Å²) >= 11 is 0. The van der Waals surface area contributed by atoms with Crippen molar-refractivity contribution in [2.75, 3.05) is 20.2 Å². The fourth-order valence-electron chi connectivity index (χ4n) is 2.35. The van der Waals surface area contributed by atoms with E-state index in [9.17, 15) is 9.18 Å². The molecule has 1 aliphatic rings. The highest BCUT2D eigenvalue weighted by molar-refractivity contribution is 5.78. The van der Waals surface area contributed by atoms with E-state index >= 15 is 0 Å². The molecule has 92 valence electrons. The Morgan fingerprint density at radius 3 is 2.71 bits per heavy atom. The van der Waals surface area contributed by atoms with Gasteiger partial charge < -0.3 is 10.1 Å². The van der Waals surface area contributed by atoms with Gasteiger partial charge in [-0.25, -0.2) is 4.39 Å². The van der Waals surface area contributed by atoms with Crippen molar-refractivity contribution in [2.24, 2.45) is 5.41 Å². The number of hydrogen-bond donors (Lipinski definition) is 1. The van der Waals surface area contributed by atoms with E-state index in [0.717, 1.165) is 18.5 Å². The Labute approximate surface area is 100.0 Å². The van der Waals surface area contributed by atoms with Gasteiger partial charge in [0.05, 0.1) is 12.5 Å². The lowest BCUT2D eigenvalue weighted by molar-refractivity contribution is -0.151. The minimum Gasteiger partial charge on any atom is -0.469 e. The topological polar surface area (TPSA) is 38.3 Å². The first kappa shape index (κ1) is 12.0. The second-order valence-corrected chi connectivity index (χ2v) is 4.50. The second kappa shape index (κ2) is 4.84. The van der Waals surface area contributed by atoms with E-state index < -0.39 is 5.41 Å². The number of carbonyl (C=O) groups excluding carboxylic acids is 1. The van der Waals surface area contributed by atoms with Gasteiger partial charge in [-0.3, -0.25) is 4.79 Å². The first-order chi connectivity index (χ1) is 8.16. The first-order valence-electron chi connectivity index (χ1n) is 5.70. The molecule has 17 heavy (non-hydrogen) atoms. The Bertz CT molecular complexity index is 396. The maximum Gasteiger partial charge on any atom is 0.313 e. The number of esters is 1. The first-order valence-corrected chi connectivity index (χ1v) is 5.70. The lowest BCUT2D eigenvalue weighted by atomic mass is 9.81. The van der Waals surface area contributed by atoms with Crippen LogP contribution in [-0.2, 0) is 16.0 Å². The van der Waals surface area contributed by atoms with E-state index in [4.69, 9.17) is 4.74 Å². The van der Waals surface area contributed by atoms with Crippen molar-refractivity contribution in [3.8, 4) is 0 Å². The summed E-state index contributed by atoms with van der Waals surface area (Å²) in [6, 6.07) is 6.28. The molecule has 0 unspecified atom stereocenters. The Balaban J connectivity index is 2.18. The molecule has 1 aliphatic heterocycles. The Morgan fingerprint density at radius 1 is 1.47 bits per heavy atom. The molecule has 3 nitrogen and oxygen atoms in total. The quantitative estimate of drug-likeness (QED) is 0.810. The van der Waals surface area contributed by atoms with Crippen LogP contribution in [0.25, 0.3) is 0 Å².